The van der Waals surface area contributed by atoms with Gasteiger partial charge in [-0.15, -0.1) is 0 Å². The van der Waals surface area contributed by atoms with Crippen molar-refractivity contribution in [2.75, 3.05) is 5.32 Å². The van der Waals surface area contributed by atoms with E-state index >= 15 is 0 Å². The second-order valence-corrected chi connectivity index (χ2v) is 4.97. The second kappa shape index (κ2) is 5.48. The van der Waals surface area contributed by atoms with E-state index in [9.17, 15) is 8.78 Å². The van der Waals surface area contributed by atoms with Gasteiger partial charge in [0.1, 0.15) is 11.6 Å². The van der Waals surface area contributed by atoms with Crippen molar-refractivity contribution in [3.63, 3.8) is 0 Å². The molecule has 0 amide bonds. The lowest BCUT2D eigenvalue weighted by Gasteiger charge is -2.10. The molecule has 0 spiro atoms. The van der Waals surface area contributed by atoms with Crippen LogP contribution in [0.1, 0.15) is 11.1 Å². The molecule has 0 saturated heterocycles. The van der Waals surface area contributed by atoms with Crippen LogP contribution in [0, 0.1) is 18.6 Å². The number of hydrogen-bond donors (Lipinski definition) is 1. The zero-order valence-electron chi connectivity index (χ0n) is 9.81. The predicted molar refractivity (Wildman–Crippen MR) is 72.6 cm³/mol. The molecule has 0 aliphatic heterocycles. The molecule has 2 aromatic rings. The van der Waals surface area contributed by atoms with Crippen molar-refractivity contribution in [1.29, 1.82) is 0 Å². The Morgan fingerprint density at radius 2 is 1.72 bits per heavy atom. The summed E-state index contributed by atoms with van der Waals surface area (Å²) in [5.74, 6) is -1.12. The van der Waals surface area contributed by atoms with Crippen molar-refractivity contribution in [3.8, 4) is 0 Å². The molecule has 0 atom stereocenters. The molecule has 18 heavy (non-hydrogen) atoms. The Kier molecular flexibility index (Phi) is 3.97. The summed E-state index contributed by atoms with van der Waals surface area (Å²) in [5.41, 5.74) is 2.59. The highest BCUT2D eigenvalue weighted by Crippen LogP contribution is 2.24. The van der Waals surface area contributed by atoms with Gasteiger partial charge in [-0.1, -0.05) is 6.07 Å². The first kappa shape index (κ1) is 13.0. The van der Waals surface area contributed by atoms with Crippen molar-refractivity contribution in [2.24, 2.45) is 0 Å². The van der Waals surface area contributed by atoms with Crippen LogP contribution in [-0.4, -0.2) is 0 Å². The largest absolute Gasteiger partial charge is 0.380 e. The summed E-state index contributed by atoms with van der Waals surface area (Å²) in [6.45, 7) is 2.36. The molecule has 0 bridgehead atoms. The molecule has 2 rings (SSSR count). The van der Waals surface area contributed by atoms with E-state index in [0.29, 0.717) is 12.1 Å². The quantitative estimate of drug-likeness (QED) is 0.870. The molecule has 4 heteroatoms. The summed E-state index contributed by atoms with van der Waals surface area (Å²) in [6.07, 6.45) is 0. The number of aryl methyl sites for hydroxylation is 1. The number of anilines is 1. The van der Waals surface area contributed by atoms with Gasteiger partial charge < -0.3 is 5.32 Å². The van der Waals surface area contributed by atoms with E-state index in [1.807, 2.05) is 25.1 Å². The fourth-order valence-electron chi connectivity index (χ4n) is 1.68. The molecule has 1 N–H and O–H groups in total. The monoisotopic (exact) mass is 311 g/mol. The Morgan fingerprint density at radius 1 is 1.06 bits per heavy atom. The van der Waals surface area contributed by atoms with Gasteiger partial charge in [0.2, 0.25) is 0 Å². The van der Waals surface area contributed by atoms with Gasteiger partial charge in [0.05, 0.1) is 0 Å². The minimum atomic E-state index is -0.560. The van der Waals surface area contributed by atoms with Crippen LogP contribution in [0.25, 0.3) is 0 Å². The van der Waals surface area contributed by atoms with Gasteiger partial charge in [0, 0.05) is 22.8 Å². The van der Waals surface area contributed by atoms with Gasteiger partial charge in [-0.25, -0.2) is 8.78 Å². The highest BCUT2D eigenvalue weighted by Gasteiger charge is 2.03. The number of hydrogen-bond acceptors (Lipinski definition) is 1. The molecule has 0 aromatic heterocycles. The molecular formula is C14H12BrF2N. The predicted octanol–water partition coefficient (Wildman–Crippen LogP) is 4.65. The molecule has 1 nitrogen and oxygen atoms in total. The van der Waals surface area contributed by atoms with Crippen LogP contribution in [0.5, 0.6) is 0 Å². The first-order valence-corrected chi connectivity index (χ1v) is 6.29. The average molecular weight is 312 g/mol. The minimum Gasteiger partial charge on any atom is -0.380 e. The molecule has 0 fully saturated rings. The van der Waals surface area contributed by atoms with Crippen LogP contribution in [0.4, 0.5) is 14.5 Å². The maximum absolute atomic E-state index is 13.0. The first-order chi connectivity index (χ1) is 8.54. The smallest absolute Gasteiger partial charge is 0.126 e. The average Bonchev–Trinajstić information content (AvgIpc) is 2.29. The topological polar surface area (TPSA) is 12.0 Å². The highest BCUT2D eigenvalue weighted by atomic mass is 79.9. The first-order valence-electron chi connectivity index (χ1n) is 5.49. The summed E-state index contributed by atoms with van der Waals surface area (Å²) >= 11 is 3.42. The Bertz CT molecular complexity index is 549. The molecule has 0 aliphatic carbocycles. The molecule has 2 aromatic carbocycles. The lowest BCUT2D eigenvalue weighted by atomic mass is 10.2. The van der Waals surface area contributed by atoms with Crippen molar-refractivity contribution >= 4 is 21.6 Å². The SMILES string of the molecule is Cc1ccc(Br)c(NCc2cc(F)cc(F)c2)c1. The molecular weight excluding hydrogens is 300 g/mol. The van der Waals surface area contributed by atoms with E-state index in [2.05, 4.69) is 21.2 Å². The van der Waals surface area contributed by atoms with Crippen LogP contribution < -0.4 is 5.32 Å². The van der Waals surface area contributed by atoms with Gasteiger partial charge in [-0.2, -0.15) is 0 Å². The fraction of sp³-hybridized carbons (Fsp3) is 0.143. The third-order valence-electron chi connectivity index (χ3n) is 2.53. The lowest BCUT2D eigenvalue weighted by molar-refractivity contribution is 0.580. The van der Waals surface area contributed by atoms with Crippen LogP contribution in [0.2, 0.25) is 0 Å². The number of nitrogens with one attached hydrogen (secondary N) is 1. The summed E-state index contributed by atoms with van der Waals surface area (Å²) in [4.78, 5) is 0. The van der Waals surface area contributed by atoms with Gasteiger partial charge in [0.25, 0.3) is 0 Å². The molecule has 0 heterocycles. The van der Waals surface area contributed by atoms with Crippen LogP contribution in [0.3, 0.4) is 0 Å². The van der Waals surface area contributed by atoms with Gasteiger partial charge in [-0.05, 0) is 58.2 Å². The number of halogens is 3. The van der Waals surface area contributed by atoms with E-state index in [0.717, 1.165) is 21.8 Å². The molecule has 0 unspecified atom stereocenters. The van der Waals surface area contributed by atoms with E-state index in [-0.39, 0.29) is 0 Å². The Morgan fingerprint density at radius 3 is 2.39 bits per heavy atom. The summed E-state index contributed by atoms with van der Waals surface area (Å²) in [5, 5.41) is 3.14. The van der Waals surface area contributed by atoms with E-state index < -0.39 is 11.6 Å². The Hall–Kier alpha value is -1.42. The van der Waals surface area contributed by atoms with E-state index in [1.54, 1.807) is 0 Å². The summed E-state index contributed by atoms with van der Waals surface area (Å²) in [7, 11) is 0. The highest BCUT2D eigenvalue weighted by molar-refractivity contribution is 9.10. The van der Waals surface area contributed by atoms with E-state index in [4.69, 9.17) is 0 Å². The van der Waals surface area contributed by atoms with Crippen molar-refractivity contribution < 1.29 is 8.78 Å². The van der Waals surface area contributed by atoms with Crippen molar-refractivity contribution in [1.82, 2.24) is 0 Å². The zero-order valence-corrected chi connectivity index (χ0v) is 11.4. The standard InChI is InChI=1S/C14H12BrF2N/c1-9-2-3-13(15)14(4-9)18-8-10-5-11(16)7-12(17)6-10/h2-7,18H,8H2,1H3. The Balaban J connectivity index is 2.13. The van der Waals surface area contributed by atoms with Gasteiger partial charge >= 0.3 is 0 Å². The maximum Gasteiger partial charge on any atom is 0.126 e. The fourth-order valence-corrected chi connectivity index (χ4v) is 2.07. The maximum atomic E-state index is 13.0. The normalized spacial score (nSPS) is 10.4. The third-order valence-corrected chi connectivity index (χ3v) is 3.22. The van der Waals surface area contributed by atoms with E-state index in [1.165, 1.54) is 12.1 Å². The molecule has 0 saturated carbocycles. The number of rotatable bonds is 3. The minimum absolute atomic E-state index is 0.372. The van der Waals surface area contributed by atoms with Gasteiger partial charge in [-0.3, -0.25) is 0 Å². The summed E-state index contributed by atoms with van der Waals surface area (Å²) in [6, 6.07) is 9.40. The molecule has 94 valence electrons. The molecule has 0 radical (unpaired) electrons. The summed E-state index contributed by atoms with van der Waals surface area (Å²) < 4.78 is 27.0. The number of benzene rings is 2. The van der Waals surface area contributed by atoms with Crippen LogP contribution >= 0.6 is 15.9 Å². The lowest BCUT2D eigenvalue weighted by Crippen LogP contribution is -2.01. The third kappa shape index (κ3) is 3.29. The second-order valence-electron chi connectivity index (χ2n) is 4.11. The van der Waals surface area contributed by atoms with Crippen LogP contribution in [0.15, 0.2) is 40.9 Å². The van der Waals surface area contributed by atoms with Crippen molar-refractivity contribution in [2.45, 2.75) is 13.5 Å². The Labute approximate surface area is 113 Å². The van der Waals surface area contributed by atoms with Gasteiger partial charge in [0.15, 0.2) is 0 Å². The van der Waals surface area contributed by atoms with Crippen LogP contribution in [-0.2, 0) is 6.54 Å². The van der Waals surface area contributed by atoms with Crippen molar-refractivity contribution in [3.05, 3.63) is 63.6 Å². The zero-order chi connectivity index (χ0) is 13.1. The molecule has 0 aliphatic rings.